The van der Waals surface area contributed by atoms with Crippen molar-refractivity contribution in [1.29, 1.82) is 0 Å². The molecule has 0 aromatic carbocycles. The summed E-state index contributed by atoms with van der Waals surface area (Å²) in [6, 6.07) is 0. The first kappa shape index (κ1) is 10.8. The average Bonchev–Trinajstić information content (AvgIpc) is 2.53. The van der Waals surface area contributed by atoms with E-state index in [0.29, 0.717) is 11.0 Å². The Hall–Kier alpha value is -0.690. The zero-order valence-corrected chi connectivity index (χ0v) is 11.1. The fourth-order valence-corrected chi connectivity index (χ4v) is 1.58. The molecule has 4 nitrogen and oxygen atoms in total. The minimum Gasteiger partial charge on any atom is -0.272 e. The molecule has 15 heavy (non-hydrogen) atoms. The summed E-state index contributed by atoms with van der Waals surface area (Å²) >= 11 is 8.03. The van der Waals surface area contributed by atoms with E-state index in [1.165, 1.54) is 0 Å². The highest BCUT2D eigenvalue weighted by molar-refractivity contribution is 14.1. The Bertz CT molecular complexity index is 509. The molecule has 0 amide bonds. The molecule has 0 radical (unpaired) electrons. The Kier molecular flexibility index (Phi) is 2.92. The van der Waals surface area contributed by atoms with Crippen LogP contribution in [0.3, 0.4) is 0 Å². The molecule has 0 saturated carbocycles. The van der Waals surface area contributed by atoms with Gasteiger partial charge in [-0.15, -0.1) is 0 Å². The monoisotopic (exact) mass is 334 g/mol. The second-order valence-corrected chi connectivity index (χ2v) is 4.62. The quantitative estimate of drug-likeness (QED) is 0.594. The molecule has 0 bridgehead atoms. The van der Waals surface area contributed by atoms with Crippen LogP contribution in [-0.2, 0) is 7.05 Å². The van der Waals surface area contributed by atoms with E-state index in [2.05, 4.69) is 37.7 Å². The third-order valence-corrected chi connectivity index (χ3v) is 3.57. The number of halogens is 2. The smallest absolute Gasteiger partial charge is 0.164 e. The van der Waals surface area contributed by atoms with Gasteiger partial charge in [0.05, 0.1) is 15.3 Å². The van der Waals surface area contributed by atoms with Crippen molar-refractivity contribution in [2.75, 3.05) is 0 Å². The minimum absolute atomic E-state index is 0.476. The van der Waals surface area contributed by atoms with Crippen LogP contribution in [-0.4, -0.2) is 19.7 Å². The summed E-state index contributed by atoms with van der Waals surface area (Å²) < 4.78 is 2.63. The molecular weight excluding hydrogens is 326 g/mol. The number of aromatic nitrogens is 4. The zero-order chi connectivity index (χ0) is 11.0. The van der Waals surface area contributed by atoms with E-state index in [9.17, 15) is 0 Å². The van der Waals surface area contributed by atoms with Gasteiger partial charge in [0.15, 0.2) is 5.82 Å². The van der Waals surface area contributed by atoms with Gasteiger partial charge in [0.2, 0.25) is 0 Å². The van der Waals surface area contributed by atoms with Crippen molar-refractivity contribution >= 4 is 34.2 Å². The maximum absolute atomic E-state index is 5.94. The van der Waals surface area contributed by atoms with Crippen LogP contribution in [0.4, 0.5) is 0 Å². The molecule has 0 saturated heterocycles. The third kappa shape index (κ3) is 1.98. The Labute approximate surface area is 106 Å². The molecule has 0 fully saturated rings. The van der Waals surface area contributed by atoms with Gasteiger partial charge in [-0.25, -0.2) is 9.97 Å². The summed E-state index contributed by atoms with van der Waals surface area (Å²) in [5.41, 5.74) is 1.93. The molecule has 0 spiro atoms. The van der Waals surface area contributed by atoms with Crippen molar-refractivity contribution < 1.29 is 0 Å². The number of rotatable bonds is 1. The normalized spacial score (nSPS) is 10.7. The van der Waals surface area contributed by atoms with Crippen LogP contribution in [0.2, 0.25) is 5.15 Å². The van der Waals surface area contributed by atoms with Gasteiger partial charge in [-0.3, -0.25) is 4.68 Å². The molecule has 6 heteroatoms. The second kappa shape index (κ2) is 4.05. The van der Waals surface area contributed by atoms with Crippen LogP contribution in [0.15, 0.2) is 12.4 Å². The molecule has 0 atom stereocenters. The molecule has 2 aromatic rings. The molecule has 2 aromatic heterocycles. The van der Waals surface area contributed by atoms with E-state index in [0.717, 1.165) is 14.8 Å². The van der Waals surface area contributed by atoms with Gasteiger partial charge in [-0.2, -0.15) is 5.10 Å². The maximum atomic E-state index is 5.94. The van der Waals surface area contributed by atoms with Crippen molar-refractivity contribution in [3.8, 4) is 11.4 Å². The number of aryl methyl sites for hydroxylation is 1. The van der Waals surface area contributed by atoms with E-state index in [-0.39, 0.29) is 0 Å². The predicted molar refractivity (Wildman–Crippen MR) is 66.7 cm³/mol. The zero-order valence-electron chi connectivity index (χ0n) is 8.20. The Morgan fingerprint density at radius 1 is 1.40 bits per heavy atom. The highest BCUT2D eigenvalue weighted by Gasteiger charge is 2.10. The minimum atomic E-state index is 0.476. The van der Waals surface area contributed by atoms with Crippen molar-refractivity contribution in [3.05, 3.63) is 26.8 Å². The highest BCUT2D eigenvalue weighted by atomic mass is 127. The summed E-state index contributed by atoms with van der Waals surface area (Å²) in [7, 11) is 1.88. The lowest BCUT2D eigenvalue weighted by molar-refractivity contribution is 0.740. The van der Waals surface area contributed by atoms with Crippen LogP contribution < -0.4 is 0 Å². The van der Waals surface area contributed by atoms with E-state index in [1.54, 1.807) is 17.1 Å². The Morgan fingerprint density at radius 3 is 2.67 bits per heavy atom. The number of hydrogen-bond acceptors (Lipinski definition) is 3. The predicted octanol–water partition coefficient (Wildman–Crippen LogP) is 2.44. The third-order valence-electron chi connectivity index (χ3n) is 2.18. The topological polar surface area (TPSA) is 43.6 Å². The van der Waals surface area contributed by atoms with Crippen molar-refractivity contribution in [2.24, 2.45) is 7.05 Å². The lowest BCUT2D eigenvalue weighted by atomic mass is 10.2. The lowest BCUT2D eigenvalue weighted by Crippen LogP contribution is -1.95. The van der Waals surface area contributed by atoms with Crippen LogP contribution in [0.1, 0.15) is 5.69 Å². The largest absolute Gasteiger partial charge is 0.272 e. The average molecular weight is 335 g/mol. The van der Waals surface area contributed by atoms with E-state index >= 15 is 0 Å². The Morgan fingerprint density at radius 2 is 2.13 bits per heavy atom. The van der Waals surface area contributed by atoms with Gasteiger partial charge in [0.25, 0.3) is 0 Å². The summed E-state index contributed by atoms with van der Waals surface area (Å²) in [4.78, 5) is 8.44. The summed E-state index contributed by atoms with van der Waals surface area (Å²) in [5, 5.41) is 4.61. The molecule has 0 aliphatic heterocycles. The van der Waals surface area contributed by atoms with Crippen LogP contribution in [0.5, 0.6) is 0 Å². The van der Waals surface area contributed by atoms with Crippen LogP contribution in [0.25, 0.3) is 11.4 Å². The summed E-state index contributed by atoms with van der Waals surface area (Å²) in [5.74, 6) is 0.617. The van der Waals surface area contributed by atoms with Crippen LogP contribution in [0, 0.1) is 10.5 Å². The van der Waals surface area contributed by atoms with Gasteiger partial charge in [-0.05, 0) is 29.5 Å². The standard InChI is InChI=1S/C9H8ClIN4/c1-5-6(3-13-15(5)2)9-12-4-7(11)8(10)14-9/h3-4H,1-2H3. The molecular formula is C9H8ClIN4. The Balaban J connectivity index is 2.55. The molecule has 0 N–H and O–H groups in total. The first-order chi connectivity index (χ1) is 7.09. The molecule has 2 heterocycles. The molecule has 78 valence electrons. The molecule has 0 unspecified atom stereocenters. The van der Waals surface area contributed by atoms with Gasteiger partial charge in [-0.1, -0.05) is 11.6 Å². The summed E-state index contributed by atoms with van der Waals surface area (Å²) in [6.45, 7) is 1.97. The number of hydrogen-bond donors (Lipinski definition) is 0. The van der Waals surface area contributed by atoms with Gasteiger partial charge in [0.1, 0.15) is 5.15 Å². The van der Waals surface area contributed by atoms with Crippen LogP contribution >= 0.6 is 34.2 Å². The second-order valence-electron chi connectivity index (χ2n) is 3.10. The van der Waals surface area contributed by atoms with Gasteiger partial charge < -0.3 is 0 Å². The van der Waals surface area contributed by atoms with E-state index in [4.69, 9.17) is 11.6 Å². The highest BCUT2D eigenvalue weighted by Crippen LogP contribution is 2.22. The first-order valence-electron chi connectivity index (χ1n) is 4.26. The van der Waals surface area contributed by atoms with E-state index in [1.807, 2.05) is 14.0 Å². The summed E-state index contributed by atoms with van der Waals surface area (Å²) in [6.07, 6.45) is 3.45. The fraction of sp³-hybridized carbons (Fsp3) is 0.222. The van der Waals surface area contributed by atoms with Crippen molar-refractivity contribution in [2.45, 2.75) is 6.92 Å². The molecule has 2 rings (SSSR count). The van der Waals surface area contributed by atoms with Crippen molar-refractivity contribution in [1.82, 2.24) is 19.7 Å². The van der Waals surface area contributed by atoms with Gasteiger partial charge >= 0.3 is 0 Å². The molecule has 0 aliphatic rings. The SMILES string of the molecule is Cc1c(-c2ncc(I)c(Cl)n2)cnn1C. The molecule has 0 aliphatic carbocycles. The lowest BCUT2D eigenvalue weighted by Gasteiger charge is -2.00. The van der Waals surface area contributed by atoms with E-state index < -0.39 is 0 Å². The van der Waals surface area contributed by atoms with Crippen molar-refractivity contribution in [3.63, 3.8) is 0 Å². The maximum Gasteiger partial charge on any atom is 0.164 e. The fourth-order valence-electron chi connectivity index (χ4n) is 1.19. The first-order valence-corrected chi connectivity index (χ1v) is 5.72. The van der Waals surface area contributed by atoms with Gasteiger partial charge in [0, 0.05) is 18.9 Å². The number of nitrogens with zero attached hydrogens (tertiary/aromatic N) is 4.